The summed E-state index contributed by atoms with van der Waals surface area (Å²) in [5.74, 6) is -0.164. The first-order chi connectivity index (χ1) is 13.2. The molecule has 2 aliphatic heterocycles. The van der Waals surface area contributed by atoms with Crippen LogP contribution in [0.3, 0.4) is 0 Å². The smallest absolute Gasteiger partial charge is 0.422 e. The molecule has 0 bridgehead atoms. The van der Waals surface area contributed by atoms with E-state index in [1.54, 1.807) is 11.0 Å². The van der Waals surface area contributed by atoms with Crippen molar-refractivity contribution in [1.29, 1.82) is 5.26 Å². The minimum absolute atomic E-state index is 0.0613. The van der Waals surface area contributed by atoms with Crippen molar-refractivity contribution in [3.05, 3.63) is 23.8 Å². The summed E-state index contributed by atoms with van der Waals surface area (Å²) in [6, 6.07) is 5.56. The van der Waals surface area contributed by atoms with Crippen LogP contribution in [-0.2, 0) is 0 Å². The van der Waals surface area contributed by atoms with Gasteiger partial charge in [0.2, 0.25) is 0 Å². The van der Waals surface area contributed by atoms with Crippen LogP contribution < -0.4 is 10.1 Å². The second-order valence-corrected chi connectivity index (χ2v) is 7.67. The number of nitriles is 1. The highest BCUT2D eigenvalue weighted by Crippen LogP contribution is 2.38. The highest BCUT2D eigenvalue weighted by atomic mass is 19.4. The molecule has 0 saturated carbocycles. The third kappa shape index (κ3) is 4.87. The number of carbonyl (C=O) groups excluding carboxylic acids is 1. The average Bonchev–Trinajstić information content (AvgIpc) is 3.02. The predicted octanol–water partition coefficient (Wildman–Crippen LogP) is 3.45. The molecule has 2 fully saturated rings. The molecule has 1 aromatic rings. The summed E-state index contributed by atoms with van der Waals surface area (Å²) < 4.78 is 41.6. The first kappa shape index (κ1) is 20.3. The molecule has 1 unspecified atom stereocenters. The van der Waals surface area contributed by atoms with Crippen LogP contribution in [0.25, 0.3) is 0 Å². The monoisotopic (exact) mass is 396 g/mol. The number of anilines is 1. The first-order valence-corrected chi connectivity index (χ1v) is 9.18. The van der Waals surface area contributed by atoms with Gasteiger partial charge in [0.15, 0.2) is 6.61 Å². The van der Waals surface area contributed by atoms with Gasteiger partial charge in [0, 0.05) is 30.7 Å². The summed E-state index contributed by atoms with van der Waals surface area (Å²) >= 11 is 0. The van der Waals surface area contributed by atoms with Gasteiger partial charge in [0.05, 0.1) is 5.56 Å². The number of rotatable bonds is 3. The molecular formula is C19H23F3N4O2. The fourth-order valence-electron chi connectivity index (χ4n) is 4.08. The van der Waals surface area contributed by atoms with Crippen LogP contribution >= 0.6 is 0 Å². The van der Waals surface area contributed by atoms with E-state index in [0.717, 1.165) is 32.4 Å². The molecule has 1 spiro atoms. The zero-order valence-electron chi connectivity index (χ0n) is 15.7. The highest BCUT2D eigenvalue weighted by molar-refractivity contribution is 5.90. The van der Waals surface area contributed by atoms with Crippen molar-refractivity contribution in [2.24, 2.45) is 5.41 Å². The number of hydrogen-bond donors (Lipinski definition) is 1. The maximum Gasteiger partial charge on any atom is 0.422 e. The molecule has 152 valence electrons. The van der Waals surface area contributed by atoms with Gasteiger partial charge in [-0.3, -0.25) is 0 Å². The Morgan fingerprint density at radius 2 is 2.11 bits per heavy atom. The maximum absolute atomic E-state index is 12.6. The summed E-state index contributed by atoms with van der Waals surface area (Å²) in [6.45, 7) is 1.92. The van der Waals surface area contributed by atoms with Gasteiger partial charge in [-0.2, -0.15) is 18.4 Å². The number of benzene rings is 1. The van der Waals surface area contributed by atoms with Crippen molar-refractivity contribution >= 4 is 11.7 Å². The van der Waals surface area contributed by atoms with E-state index in [1.807, 2.05) is 0 Å². The molecule has 28 heavy (non-hydrogen) atoms. The van der Waals surface area contributed by atoms with Gasteiger partial charge in [0.1, 0.15) is 11.8 Å². The van der Waals surface area contributed by atoms with E-state index < -0.39 is 12.8 Å². The lowest BCUT2D eigenvalue weighted by Gasteiger charge is -2.38. The standard InChI is InChI=1S/C19H23F3N4O2/c1-25-7-2-5-18(11-25)6-8-26(12-18)17(27)24-15-3-4-16(14(9-15)10-23)28-13-19(20,21)22/h3-4,9H,2,5-8,11-13H2,1H3,(H,24,27). The van der Waals surface area contributed by atoms with Gasteiger partial charge >= 0.3 is 12.2 Å². The van der Waals surface area contributed by atoms with E-state index in [9.17, 15) is 18.0 Å². The number of piperidine rings is 1. The molecule has 1 N–H and O–H groups in total. The van der Waals surface area contributed by atoms with Crippen LogP contribution in [0.1, 0.15) is 24.8 Å². The number of hydrogen-bond acceptors (Lipinski definition) is 4. The molecule has 2 saturated heterocycles. The van der Waals surface area contributed by atoms with E-state index in [0.29, 0.717) is 18.8 Å². The van der Waals surface area contributed by atoms with Gasteiger partial charge < -0.3 is 19.9 Å². The molecule has 1 aromatic carbocycles. The summed E-state index contributed by atoms with van der Waals surface area (Å²) in [7, 11) is 2.09. The van der Waals surface area contributed by atoms with Crippen molar-refractivity contribution in [3.8, 4) is 11.8 Å². The zero-order chi connectivity index (χ0) is 20.4. The summed E-state index contributed by atoms with van der Waals surface area (Å²) in [4.78, 5) is 16.7. The lowest BCUT2D eigenvalue weighted by molar-refractivity contribution is -0.153. The highest BCUT2D eigenvalue weighted by Gasteiger charge is 2.42. The fraction of sp³-hybridized carbons (Fsp3) is 0.579. The molecule has 0 aliphatic carbocycles. The van der Waals surface area contributed by atoms with Crippen molar-refractivity contribution in [1.82, 2.24) is 9.80 Å². The Morgan fingerprint density at radius 3 is 2.79 bits per heavy atom. The number of nitrogens with zero attached hydrogens (tertiary/aromatic N) is 3. The zero-order valence-corrected chi connectivity index (χ0v) is 15.7. The number of nitrogens with one attached hydrogen (secondary N) is 1. The lowest BCUT2D eigenvalue weighted by atomic mass is 9.79. The lowest BCUT2D eigenvalue weighted by Crippen LogP contribution is -2.44. The van der Waals surface area contributed by atoms with Crippen molar-refractivity contribution in [3.63, 3.8) is 0 Å². The maximum atomic E-state index is 12.6. The fourth-order valence-corrected chi connectivity index (χ4v) is 4.08. The summed E-state index contributed by atoms with van der Waals surface area (Å²) in [6.07, 6.45) is -1.31. The van der Waals surface area contributed by atoms with E-state index in [4.69, 9.17) is 5.26 Å². The minimum atomic E-state index is -4.49. The van der Waals surface area contributed by atoms with Gasteiger partial charge in [-0.15, -0.1) is 0 Å². The summed E-state index contributed by atoms with van der Waals surface area (Å²) in [5, 5.41) is 11.9. The molecule has 0 radical (unpaired) electrons. The van der Waals surface area contributed by atoms with E-state index in [1.165, 1.54) is 18.2 Å². The van der Waals surface area contributed by atoms with Crippen LogP contribution in [0.2, 0.25) is 0 Å². The number of ether oxygens (including phenoxy) is 1. The van der Waals surface area contributed by atoms with E-state index >= 15 is 0 Å². The molecule has 2 aliphatic rings. The Bertz CT molecular complexity index is 777. The van der Waals surface area contributed by atoms with Crippen LogP contribution in [0, 0.1) is 16.7 Å². The topological polar surface area (TPSA) is 68.6 Å². The normalized spacial score (nSPS) is 22.9. The minimum Gasteiger partial charge on any atom is -0.483 e. The second-order valence-electron chi connectivity index (χ2n) is 7.67. The van der Waals surface area contributed by atoms with Crippen LogP contribution in [0.4, 0.5) is 23.7 Å². The molecule has 0 aromatic heterocycles. The Balaban J connectivity index is 1.62. The molecule has 2 heterocycles. The molecule has 6 nitrogen and oxygen atoms in total. The SMILES string of the molecule is CN1CCCC2(CCN(C(=O)Nc3ccc(OCC(F)(F)F)c(C#N)c3)C2)C1. The molecular weight excluding hydrogens is 373 g/mol. The number of halogens is 3. The quantitative estimate of drug-likeness (QED) is 0.850. The average molecular weight is 396 g/mol. The second kappa shape index (κ2) is 7.87. The number of amides is 2. The Labute approximate surface area is 161 Å². The van der Waals surface area contributed by atoms with Gasteiger partial charge in [-0.1, -0.05) is 0 Å². The number of carbonyl (C=O) groups is 1. The third-order valence-electron chi connectivity index (χ3n) is 5.32. The van der Waals surface area contributed by atoms with Crippen molar-refractivity contribution < 1.29 is 22.7 Å². The van der Waals surface area contributed by atoms with Crippen molar-refractivity contribution in [2.45, 2.75) is 25.4 Å². The number of likely N-dealkylation sites (tertiary alicyclic amines) is 2. The van der Waals surface area contributed by atoms with Crippen molar-refractivity contribution in [2.75, 3.05) is 45.2 Å². The summed E-state index contributed by atoms with van der Waals surface area (Å²) in [5.41, 5.74) is 0.425. The predicted molar refractivity (Wildman–Crippen MR) is 97.1 cm³/mol. The largest absolute Gasteiger partial charge is 0.483 e. The molecule has 2 amide bonds. The van der Waals surface area contributed by atoms with Gasteiger partial charge in [0.25, 0.3) is 0 Å². The Morgan fingerprint density at radius 1 is 1.32 bits per heavy atom. The third-order valence-corrected chi connectivity index (χ3v) is 5.32. The first-order valence-electron chi connectivity index (χ1n) is 9.18. The molecule has 3 rings (SSSR count). The molecule has 1 atom stereocenters. The van der Waals surface area contributed by atoms with Crippen LogP contribution in [-0.4, -0.2) is 61.8 Å². The van der Waals surface area contributed by atoms with Crippen LogP contribution in [0.5, 0.6) is 5.75 Å². The Kier molecular flexibility index (Phi) is 5.70. The van der Waals surface area contributed by atoms with Crippen LogP contribution in [0.15, 0.2) is 18.2 Å². The number of alkyl halides is 3. The number of urea groups is 1. The van der Waals surface area contributed by atoms with Gasteiger partial charge in [-0.25, -0.2) is 4.79 Å². The Hall–Kier alpha value is -2.47. The van der Waals surface area contributed by atoms with E-state index in [2.05, 4.69) is 22.0 Å². The van der Waals surface area contributed by atoms with Gasteiger partial charge in [-0.05, 0) is 51.1 Å². The molecule has 9 heteroatoms. The van der Waals surface area contributed by atoms with E-state index in [-0.39, 0.29) is 22.8 Å².